The van der Waals surface area contributed by atoms with E-state index in [9.17, 15) is 27.2 Å². The summed E-state index contributed by atoms with van der Waals surface area (Å²) >= 11 is 0. The molecule has 10 nitrogen and oxygen atoms in total. The molecule has 6 aromatic rings. The van der Waals surface area contributed by atoms with Gasteiger partial charge in [-0.3, -0.25) is 19.0 Å². The Labute approximate surface area is 383 Å². The lowest BCUT2D eigenvalue weighted by molar-refractivity contribution is -0.119. The van der Waals surface area contributed by atoms with Crippen molar-refractivity contribution < 1.29 is 27.2 Å². The smallest absolute Gasteiger partial charge is 0.264 e. The van der Waals surface area contributed by atoms with Gasteiger partial charge in [0, 0.05) is 111 Å². The Balaban J connectivity index is 0.000000166. The summed E-state index contributed by atoms with van der Waals surface area (Å²) in [5.74, 6) is 0.905. The third-order valence-electron chi connectivity index (χ3n) is 13.6. The van der Waals surface area contributed by atoms with Crippen LogP contribution >= 0.6 is 0 Å². The fourth-order valence-corrected chi connectivity index (χ4v) is 10.3. The molecule has 0 saturated heterocycles. The lowest BCUT2D eigenvalue weighted by atomic mass is 9.86. The first-order valence-electron chi connectivity index (χ1n) is 22.9. The van der Waals surface area contributed by atoms with Gasteiger partial charge in [-0.1, -0.05) is 38.1 Å². The van der Waals surface area contributed by atoms with Crippen LogP contribution < -0.4 is 20.4 Å². The molecule has 0 aliphatic carbocycles. The van der Waals surface area contributed by atoms with E-state index in [2.05, 4.69) is 44.5 Å². The van der Waals surface area contributed by atoms with Gasteiger partial charge < -0.3 is 20.4 Å². The summed E-state index contributed by atoms with van der Waals surface area (Å²) in [6.45, 7) is 9.76. The molecule has 4 aliphatic heterocycles. The van der Waals surface area contributed by atoms with Gasteiger partial charge in [0.2, 0.25) is 0 Å². The molecular formula is C52H56F4N8O2. The van der Waals surface area contributed by atoms with Crippen molar-refractivity contribution >= 4 is 45.7 Å². The van der Waals surface area contributed by atoms with Gasteiger partial charge in [-0.05, 0) is 108 Å². The summed E-state index contributed by atoms with van der Waals surface area (Å²) < 4.78 is 60.2. The van der Waals surface area contributed by atoms with Gasteiger partial charge in [0.1, 0.15) is 11.6 Å². The molecule has 0 fully saturated rings. The van der Waals surface area contributed by atoms with Crippen LogP contribution in [-0.2, 0) is 36.5 Å². The Morgan fingerprint density at radius 1 is 0.591 bits per heavy atom. The van der Waals surface area contributed by atoms with E-state index in [0.29, 0.717) is 47.9 Å². The highest BCUT2D eigenvalue weighted by atomic mass is 19.3. The molecule has 2 N–H and O–H groups in total. The number of benzene rings is 4. The Morgan fingerprint density at radius 3 is 1.36 bits per heavy atom. The lowest BCUT2D eigenvalue weighted by Gasteiger charge is -2.37. The fraction of sp³-hybridized carbons (Fsp3) is 0.385. The molecule has 0 unspecified atom stereocenters. The molecule has 0 radical (unpaired) electrons. The number of aryl methyl sites for hydroxylation is 2. The maximum absolute atomic E-state index is 14.2. The third-order valence-corrected chi connectivity index (χ3v) is 13.6. The number of ketones is 2. The van der Waals surface area contributed by atoms with E-state index >= 15 is 0 Å². The average molecular weight is 901 g/mol. The number of para-hydroxylation sites is 2. The Bertz CT molecular complexity index is 2630. The molecule has 4 atom stereocenters. The van der Waals surface area contributed by atoms with Crippen LogP contribution in [-0.4, -0.2) is 56.3 Å². The summed E-state index contributed by atoms with van der Waals surface area (Å²) in [7, 11) is 3.57. The predicted octanol–water partition coefficient (Wildman–Crippen LogP) is 12.0. The second-order valence-electron chi connectivity index (χ2n) is 18.6. The summed E-state index contributed by atoms with van der Waals surface area (Å²) in [5.41, 5.74) is 11.9. The van der Waals surface area contributed by atoms with Crippen LogP contribution in [0.25, 0.3) is 22.3 Å². The van der Waals surface area contributed by atoms with E-state index in [4.69, 9.17) is 0 Å². The van der Waals surface area contributed by atoms with E-state index in [1.165, 1.54) is 0 Å². The zero-order valence-electron chi connectivity index (χ0n) is 38.2. The molecule has 6 heterocycles. The predicted molar refractivity (Wildman–Crippen MR) is 253 cm³/mol. The van der Waals surface area contributed by atoms with Crippen LogP contribution in [0.5, 0.6) is 0 Å². The summed E-state index contributed by atoms with van der Waals surface area (Å²) in [5, 5.41) is 15.4. The van der Waals surface area contributed by atoms with Crippen molar-refractivity contribution in [3.05, 3.63) is 119 Å². The molecular weight excluding hydrogens is 845 g/mol. The number of aromatic nitrogens is 4. The molecule has 0 amide bonds. The number of halogens is 4. The summed E-state index contributed by atoms with van der Waals surface area (Å²) in [6, 6.07) is 19.1. The second-order valence-corrected chi connectivity index (χ2v) is 18.6. The number of fused-ring (bicyclic) bond motifs is 4. The van der Waals surface area contributed by atoms with Crippen LogP contribution in [0.15, 0.2) is 85.5 Å². The molecule has 14 heteroatoms. The van der Waals surface area contributed by atoms with E-state index in [1.807, 2.05) is 62.4 Å². The highest BCUT2D eigenvalue weighted by Crippen LogP contribution is 2.49. The van der Waals surface area contributed by atoms with Gasteiger partial charge in [-0.25, -0.2) is 17.6 Å². The minimum Gasteiger partial charge on any atom is -0.380 e. The topological polar surface area (TPSA) is 100 Å². The van der Waals surface area contributed by atoms with E-state index in [0.717, 1.165) is 82.3 Å². The van der Waals surface area contributed by atoms with Gasteiger partial charge in [-0.15, -0.1) is 0 Å². The highest BCUT2D eigenvalue weighted by Gasteiger charge is 2.33. The molecule has 0 spiro atoms. The molecule has 0 bridgehead atoms. The first-order chi connectivity index (χ1) is 31.6. The molecule has 10 rings (SSSR count). The first kappa shape index (κ1) is 44.7. The number of carbonyl (C=O) groups is 2. The molecule has 344 valence electrons. The summed E-state index contributed by atoms with van der Waals surface area (Å²) in [4.78, 5) is 29.0. The minimum absolute atomic E-state index is 0.0133. The van der Waals surface area contributed by atoms with Crippen LogP contribution in [0.3, 0.4) is 0 Å². The molecule has 0 saturated carbocycles. The Kier molecular flexibility index (Phi) is 12.3. The number of nitrogens with zero attached hydrogens (tertiary/aromatic N) is 6. The molecule has 4 aromatic carbocycles. The average Bonchev–Trinajstić information content (AvgIpc) is 3.84. The number of nitrogens with one attached hydrogen (secondary N) is 2. The quantitative estimate of drug-likeness (QED) is 0.159. The summed E-state index contributed by atoms with van der Waals surface area (Å²) in [6.07, 6.45) is 5.17. The van der Waals surface area contributed by atoms with Gasteiger partial charge >= 0.3 is 0 Å². The van der Waals surface area contributed by atoms with E-state index in [1.54, 1.807) is 60.4 Å². The number of rotatable bonds is 6. The van der Waals surface area contributed by atoms with Crippen LogP contribution in [0.4, 0.5) is 51.7 Å². The van der Waals surface area contributed by atoms with Gasteiger partial charge in [-0.2, -0.15) is 10.2 Å². The first-order valence-corrected chi connectivity index (χ1v) is 22.9. The number of hydrogen-bond acceptors (Lipinski definition) is 8. The number of carbonyl (C=O) groups excluding carboxylic acids is 2. The maximum atomic E-state index is 14.2. The van der Waals surface area contributed by atoms with Crippen LogP contribution in [0, 0.1) is 0 Å². The lowest BCUT2D eigenvalue weighted by Crippen LogP contribution is -2.28. The molecule has 2 aromatic heterocycles. The minimum atomic E-state index is -2.60. The fourth-order valence-electron chi connectivity index (χ4n) is 10.3. The van der Waals surface area contributed by atoms with Crippen molar-refractivity contribution in [2.75, 3.05) is 33.5 Å². The zero-order valence-corrected chi connectivity index (χ0v) is 38.2. The van der Waals surface area contributed by atoms with Gasteiger partial charge in [0.15, 0.2) is 0 Å². The van der Waals surface area contributed by atoms with Crippen LogP contribution in [0.1, 0.15) is 111 Å². The standard InChI is InChI=1S/2C26H28F2N4O/c2*1-15-7-8-32(23-6-4-5-17-10-19(33)9-16(2)30-25(17)23)24-12-22(26(27)28)21(11-20(15)24)18-13-29-31(3)14-18/h2*4-6,11-16,26,30H,7-10H2,1-3H3/t15-,16+;15-,16-/m01/s1. The number of hydrogen-bond donors (Lipinski definition) is 2. The van der Waals surface area contributed by atoms with E-state index in [-0.39, 0.29) is 46.6 Å². The largest absolute Gasteiger partial charge is 0.380 e. The molecule has 66 heavy (non-hydrogen) atoms. The third kappa shape index (κ3) is 8.69. The number of Topliss-reactive ketones (excluding diaryl/α,β-unsaturated/α-hetero) is 2. The number of anilines is 6. The number of alkyl halides is 4. The van der Waals surface area contributed by atoms with Crippen molar-refractivity contribution in [3.8, 4) is 22.3 Å². The molecule has 4 aliphatic rings. The monoisotopic (exact) mass is 900 g/mol. The van der Waals surface area contributed by atoms with Crippen molar-refractivity contribution in [3.63, 3.8) is 0 Å². The van der Waals surface area contributed by atoms with Crippen molar-refractivity contribution in [1.82, 2.24) is 19.6 Å². The van der Waals surface area contributed by atoms with Crippen molar-refractivity contribution in [2.45, 2.75) is 103 Å². The van der Waals surface area contributed by atoms with Crippen molar-refractivity contribution in [1.29, 1.82) is 0 Å². The highest BCUT2D eigenvalue weighted by molar-refractivity contribution is 5.92. The van der Waals surface area contributed by atoms with Crippen LogP contribution in [0.2, 0.25) is 0 Å². The maximum Gasteiger partial charge on any atom is 0.264 e. The Morgan fingerprint density at radius 2 is 1.00 bits per heavy atom. The zero-order chi connectivity index (χ0) is 46.6. The van der Waals surface area contributed by atoms with Gasteiger partial charge in [0.25, 0.3) is 12.9 Å². The van der Waals surface area contributed by atoms with Crippen molar-refractivity contribution in [2.24, 2.45) is 14.1 Å². The van der Waals surface area contributed by atoms with Gasteiger partial charge in [0.05, 0.1) is 35.1 Å². The SMILES string of the molecule is C[C@@H]1CC(=O)Cc2cccc(N3CC[C@@H](C)c4cc(-c5cnn(C)c5)c(C(F)F)cc43)c2N1.C[C@@H]1CC(=O)Cc2cccc(N3CC[C@H](C)c4cc(-c5cnn(C)c5)c(C(F)F)cc43)c2N1. The van der Waals surface area contributed by atoms with E-state index < -0.39 is 12.9 Å². The normalized spacial score (nSPS) is 20.3. The Hall–Kier alpha value is -6.44. The second kappa shape index (κ2) is 18.1.